The first-order valence-corrected chi connectivity index (χ1v) is 14.3. The number of thioether (sulfide) groups is 1. The monoisotopic (exact) mass is 599 g/mol. The first kappa shape index (κ1) is 30.4. The standard InChI is InChI=1S/C32H30ClN5O3S/c1-21(30(39)37-29-17-14-24(33)20-34-29)42-27-11-7-10-25(19-27)35-32(41)28(36-31(40)23-8-5-4-6-9-23)18-22-12-15-26(16-13-22)38(2)3/h4-21H,1-3H3,(H,35,41)(H,36,40)(H,34,37,39)/b28-18+. The minimum Gasteiger partial charge on any atom is -0.378 e. The fourth-order valence-electron chi connectivity index (χ4n) is 3.76. The van der Waals surface area contributed by atoms with E-state index in [1.807, 2.05) is 55.4 Å². The van der Waals surface area contributed by atoms with E-state index in [0.717, 1.165) is 16.1 Å². The Bertz CT molecular complexity index is 1580. The Morgan fingerprint density at radius 2 is 1.64 bits per heavy atom. The summed E-state index contributed by atoms with van der Waals surface area (Å²) in [4.78, 5) is 45.9. The lowest BCUT2D eigenvalue weighted by molar-refractivity contribution is -0.115. The number of hydrogen-bond acceptors (Lipinski definition) is 6. The van der Waals surface area contributed by atoms with Crippen LogP contribution in [0.25, 0.3) is 6.08 Å². The number of benzene rings is 3. The molecule has 0 saturated heterocycles. The molecule has 0 bridgehead atoms. The molecule has 1 unspecified atom stereocenters. The summed E-state index contributed by atoms with van der Waals surface area (Å²) in [6.07, 6.45) is 3.09. The molecule has 0 aliphatic carbocycles. The van der Waals surface area contributed by atoms with Gasteiger partial charge in [0.1, 0.15) is 11.5 Å². The fourth-order valence-corrected chi connectivity index (χ4v) is 4.80. The number of hydrogen-bond donors (Lipinski definition) is 3. The van der Waals surface area contributed by atoms with Crippen molar-refractivity contribution in [2.24, 2.45) is 0 Å². The van der Waals surface area contributed by atoms with Gasteiger partial charge in [-0.2, -0.15) is 0 Å². The molecule has 0 aliphatic heterocycles. The first-order valence-electron chi connectivity index (χ1n) is 13.0. The number of aromatic nitrogens is 1. The van der Waals surface area contributed by atoms with Crippen molar-refractivity contribution < 1.29 is 14.4 Å². The van der Waals surface area contributed by atoms with E-state index >= 15 is 0 Å². The van der Waals surface area contributed by atoms with Crippen molar-refractivity contribution in [3.8, 4) is 0 Å². The van der Waals surface area contributed by atoms with E-state index in [1.54, 1.807) is 67.6 Å². The highest BCUT2D eigenvalue weighted by Gasteiger charge is 2.18. The number of halogens is 1. The Hall–Kier alpha value is -4.60. The van der Waals surface area contributed by atoms with Crippen LogP contribution in [0.4, 0.5) is 17.2 Å². The summed E-state index contributed by atoms with van der Waals surface area (Å²) in [5, 5.41) is 8.43. The summed E-state index contributed by atoms with van der Waals surface area (Å²) in [5.74, 6) is -0.705. The van der Waals surface area contributed by atoms with Gasteiger partial charge in [0.05, 0.1) is 10.3 Å². The van der Waals surface area contributed by atoms with Gasteiger partial charge < -0.3 is 20.9 Å². The lowest BCUT2D eigenvalue weighted by Crippen LogP contribution is -2.30. The van der Waals surface area contributed by atoms with Crippen molar-refractivity contribution >= 4 is 64.4 Å². The number of carbonyl (C=O) groups excluding carboxylic acids is 3. The number of nitrogens with zero attached hydrogens (tertiary/aromatic N) is 2. The van der Waals surface area contributed by atoms with E-state index in [-0.39, 0.29) is 11.6 Å². The molecule has 1 atom stereocenters. The summed E-state index contributed by atoms with van der Waals surface area (Å²) in [6, 6.07) is 26.7. The van der Waals surface area contributed by atoms with Gasteiger partial charge in [-0.05, 0) is 73.2 Å². The summed E-state index contributed by atoms with van der Waals surface area (Å²) in [5.41, 5.74) is 2.78. The summed E-state index contributed by atoms with van der Waals surface area (Å²) in [6.45, 7) is 1.78. The van der Waals surface area contributed by atoms with Crippen LogP contribution in [0, 0.1) is 0 Å². The quantitative estimate of drug-likeness (QED) is 0.145. The van der Waals surface area contributed by atoms with Crippen LogP contribution in [0.5, 0.6) is 0 Å². The minimum atomic E-state index is -0.488. The molecule has 42 heavy (non-hydrogen) atoms. The maximum Gasteiger partial charge on any atom is 0.272 e. The van der Waals surface area contributed by atoms with Crippen LogP contribution in [0.3, 0.4) is 0 Å². The molecule has 0 radical (unpaired) electrons. The molecular formula is C32H30ClN5O3S. The van der Waals surface area contributed by atoms with Gasteiger partial charge in [-0.1, -0.05) is 48.0 Å². The van der Waals surface area contributed by atoms with E-state index < -0.39 is 17.1 Å². The van der Waals surface area contributed by atoms with Crippen LogP contribution in [0.1, 0.15) is 22.8 Å². The Balaban J connectivity index is 1.49. The third-order valence-corrected chi connectivity index (χ3v) is 7.32. The second-order valence-corrected chi connectivity index (χ2v) is 11.3. The second kappa shape index (κ2) is 14.3. The highest BCUT2D eigenvalue weighted by molar-refractivity contribution is 8.00. The molecule has 10 heteroatoms. The molecule has 0 fully saturated rings. The van der Waals surface area contributed by atoms with Crippen molar-refractivity contribution in [1.29, 1.82) is 0 Å². The molecule has 1 heterocycles. The Morgan fingerprint density at radius 3 is 2.31 bits per heavy atom. The molecule has 3 aromatic carbocycles. The van der Waals surface area contributed by atoms with Crippen LogP contribution in [-0.4, -0.2) is 42.1 Å². The zero-order valence-electron chi connectivity index (χ0n) is 23.3. The van der Waals surface area contributed by atoms with E-state index in [0.29, 0.717) is 22.1 Å². The van der Waals surface area contributed by atoms with Gasteiger partial charge in [-0.15, -0.1) is 11.8 Å². The average Bonchev–Trinajstić information content (AvgIpc) is 2.98. The Kier molecular flexibility index (Phi) is 10.4. The molecule has 3 N–H and O–H groups in total. The minimum absolute atomic E-state index is 0.0859. The van der Waals surface area contributed by atoms with Gasteiger partial charge in [0.2, 0.25) is 5.91 Å². The summed E-state index contributed by atoms with van der Waals surface area (Å²) < 4.78 is 0. The van der Waals surface area contributed by atoms with E-state index in [4.69, 9.17) is 11.6 Å². The Morgan fingerprint density at radius 1 is 0.905 bits per heavy atom. The largest absolute Gasteiger partial charge is 0.378 e. The van der Waals surface area contributed by atoms with Crippen molar-refractivity contribution in [2.45, 2.75) is 17.1 Å². The predicted molar refractivity (Wildman–Crippen MR) is 171 cm³/mol. The highest BCUT2D eigenvalue weighted by Crippen LogP contribution is 2.27. The van der Waals surface area contributed by atoms with Crippen LogP contribution in [0.15, 0.2) is 108 Å². The summed E-state index contributed by atoms with van der Waals surface area (Å²) >= 11 is 7.19. The van der Waals surface area contributed by atoms with Crippen molar-refractivity contribution in [1.82, 2.24) is 10.3 Å². The molecule has 214 valence electrons. The molecule has 4 rings (SSSR count). The zero-order chi connectivity index (χ0) is 30.1. The summed E-state index contributed by atoms with van der Waals surface area (Å²) in [7, 11) is 3.89. The molecular weight excluding hydrogens is 570 g/mol. The first-order chi connectivity index (χ1) is 20.2. The van der Waals surface area contributed by atoms with Crippen molar-refractivity contribution in [3.05, 3.63) is 119 Å². The van der Waals surface area contributed by atoms with Gasteiger partial charge in [0, 0.05) is 42.1 Å². The number of nitrogens with one attached hydrogen (secondary N) is 3. The molecule has 3 amide bonds. The smallest absolute Gasteiger partial charge is 0.272 e. The third-order valence-electron chi connectivity index (χ3n) is 6.00. The lowest BCUT2D eigenvalue weighted by atomic mass is 10.1. The zero-order valence-corrected chi connectivity index (χ0v) is 24.9. The number of pyridine rings is 1. The molecule has 4 aromatic rings. The van der Waals surface area contributed by atoms with E-state index in [2.05, 4.69) is 20.9 Å². The number of carbonyl (C=O) groups is 3. The normalized spacial score (nSPS) is 11.8. The average molecular weight is 600 g/mol. The maximum atomic E-state index is 13.4. The van der Waals surface area contributed by atoms with Gasteiger partial charge in [0.25, 0.3) is 11.8 Å². The fraction of sp³-hybridized carbons (Fsp3) is 0.125. The van der Waals surface area contributed by atoms with Crippen LogP contribution < -0.4 is 20.9 Å². The van der Waals surface area contributed by atoms with Crippen molar-refractivity contribution in [2.75, 3.05) is 29.6 Å². The van der Waals surface area contributed by atoms with Gasteiger partial charge in [-0.3, -0.25) is 14.4 Å². The lowest BCUT2D eigenvalue weighted by Gasteiger charge is -2.14. The second-order valence-electron chi connectivity index (χ2n) is 9.46. The molecule has 1 aromatic heterocycles. The predicted octanol–water partition coefficient (Wildman–Crippen LogP) is 6.33. The molecule has 8 nitrogen and oxygen atoms in total. The van der Waals surface area contributed by atoms with Gasteiger partial charge in [0.15, 0.2) is 0 Å². The van der Waals surface area contributed by atoms with Crippen LogP contribution in [-0.2, 0) is 9.59 Å². The van der Waals surface area contributed by atoms with Crippen LogP contribution in [0.2, 0.25) is 5.02 Å². The topological polar surface area (TPSA) is 103 Å². The number of amides is 3. The SMILES string of the molecule is CC(Sc1cccc(NC(=O)/C(=C\c2ccc(N(C)C)cc2)NC(=O)c2ccccc2)c1)C(=O)Nc1ccc(Cl)cn1. The Labute approximate surface area is 254 Å². The third kappa shape index (κ3) is 8.70. The number of anilines is 3. The number of rotatable bonds is 10. The van der Waals surface area contributed by atoms with Crippen molar-refractivity contribution in [3.63, 3.8) is 0 Å². The van der Waals surface area contributed by atoms with E-state index in [9.17, 15) is 14.4 Å². The molecule has 0 aliphatic rings. The van der Waals surface area contributed by atoms with Gasteiger partial charge >= 0.3 is 0 Å². The molecule has 0 spiro atoms. The van der Waals surface area contributed by atoms with Gasteiger partial charge in [-0.25, -0.2) is 4.98 Å². The molecule has 0 saturated carbocycles. The maximum absolute atomic E-state index is 13.4. The van der Waals surface area contributed by atoms with E-state index in [1.165, 1.54) is 18.0 Å². The van der Waals surface area contributed by atoms with Crippen LogP contribution >= 0.6 is 23.4 Å². The highest BCUT2D eigenvalue weighted by atomic mass is 35.5.